The third-order valence-corrected chi connectivity index (χ3v) is 11.4. The first kappa shape index (κ1) is 33.5. The minimum Gasteiger partial charge on any atom is -0.338 e. The number of carbonyl (C=O) groups excluding carboxylic acids is 3. The van der Waals surface area contributed by atoms with Crippen LogP contribution < -0.4 is 10.9 Å². The van der Waals surface area contributed by atoms with Crippen LogP contribution in [0.5, 0.6) is 0 Å². The minimum atomic E-state index is -0.700. The van der Waals surface area contributed by atoms with Gasteiger partial charge in [-0.05, 0) is 107 Å². The van der Waals surface area contributed by atoms with Gasteiger partial charge in [0.1, 0.15) is 6.04 Å². The van der Waals surface area contributed by atoms with Gasteiger partial charge < -0.3 is 25.0 Å². The minimum absolute atomic E-state index is 0.0133. The van der Waals surface area contributed by atoms with Gasteiger partial charge in [-0.15, -0.1) is 0 Å². The second kappa shape index (κ2) is 14.4. The highest BCUT2D eigenvalue weighted by molar-refractivity contribution is 5.96. The van der Waals surface area contributed by atoms with Crippen molar-refractivity contribution in [2.24, 2.45) is 0 Å². The summed E-state index contributed by atoms with van der Waals surface area (Å²) in [6.45, 7) is 8.24. The Hall–Kier alpha value is -4.03. The van der Waals surface area contributed by atoms with Crippen molar-refractivity contribution in [1.29, 1.82) is 0 Å². The van der Waals surface area contributed by atoms with Crippen molar-refractivity contribution >= 4 is 28.6 Å². The van der Waals surface area contributed by atoms with Gasteiger partial charge in [-0.25, -0.2) is 4.79 Å². The number of piperazine rings is 1. The molecule has 0 radical (unpaired) electrons. The highest BCUT2D eigenvalue weighted by Crippen LogP contribution is 2.29. The van der Waals surface area contributed by atoms with Gasteiger partial charge in [0.15, 0.2) is 5.78 Å². The van der Waals surface area contributed by atoms with Crippen LogP contribution in [0.2, 0.25) is 0 Å². The molecule has 262 valence electrons. The molecule has 1 aliphatic carbocycles. The standard InChI is InChI=1S/C37H50N8O4/c1-24-19-25(20-28-23-38-41-33(24)28)21-31(36(48)44-17-15-43(16-18-44)29-9-11-42(2)12-10-29)39-37(49)45-13-7-26(8-14-45)30-22-27-5-3-4-6-32(46)34(27)40-35(30)47/h19-20,22-23,26,29,31H,3-18,21H2,1-2H3,(H,38,41)(H,39,49)(H,40,47)/t31-/m1/s1. The van der Waals surface area contributed by atoms with Crippen LogP contribution in [0.3, 0.4) is 0 Å². The summed E-state index contributed by atoms with van der Waals surface area (Å²) in [5, 5.41) is 11.4. The molecule has 49 heavy (non-hydrogen) atoms. The molecule has 3 amide bonds. The summed E-state index contributed by atoms with van der Waals surface area (Å²) >= 11 is 0. The molecule has 0 unspecified atom stereocenters. The lowest BCUT2D eigenvalue weighted by atomic mass is 9.88. The number of aromatic amines is 2. The van der Waals surface area contributed by atoms with Gasteiger partial charge in [-0.2, -0.15) is 5.10 Å². The highest BCUT2D eigenvalue weighted by atomic mass is 16.2. The first-order valence-electron chi connectivity index (χ1n) is 18.2. The molecule has 0 saturated carbocycles. The van der Waals surface area contributed by atoms with Gasteiger partial charge in [-0.1, -0.05) is 6.07 Å². The number of ketones is 1. The lowest BCUT2D eigenvalue weighted by molar-refractivity contribution is -0.135. The fourth-order valence-corrected chi connectivity index (χ4v) is 8.45. The number of rotatable bonds is 6. The fourth-order valence-electron chi connectivity index (χ4n) is 8.45. The number of benzene rings is 1. The number of aromatic nitrogens is 3. The molecule has 3 N–H and O–H groups in total. The van der Waals surface area contributed by atoms with Crippen LogP contribution in [0.1, 0.15) is 83.6 Å². The zero-order chi connectivity index (χ0) is 34.1. The Balaban J connectivity index is 1.02. The molecule has 1 aromatic carbocycles. The number of piperidine rings is 2. The van der Waals surface area contributed by atoms with Gasteiger partial charge in [0, 0.05) is 69.1 Å². The van der Waals surface area contributed by atoms with E-state index in [4.69, 9.17) is 0 Å². The quantitative estimate of drug-likeness (QED) is 0.343. The molecular weight excluding hydrogens is 620 g/mol. The van der Waals surface area contributed by atoms with E-state index in [1.807, 2.05) is 24.0 Å². The second-order valence-electron chi connectivity index (χ2n) is 14.7. The molecule has 5 heterocycles. The van der Waals surface area contributed by atoms with Crippen molar-refractivity contribution in [3.63, 3.8) is 0 Å². The number of hydrogen-bond donors (Lipinski definition) is 3. The number of hydrogen-bond acceptors (Lipinski definition) is 7. The van der Waals surface area contributed by atoms with E-state index in [9.17, 15) is 19.2 Å². The molecule has 3 fully saturated rings. The average Bonchev–Trinajstić information content (AvgIpc) is 3.52. The highest BCUT2D eigenvalue weighted by Gasteiger charge is 2.34. The van der Waals surface area contributed by atoms with Gasteiger partial charge in [0.05, 0.1) is 17.4 Å². The average molecular weight is 671 g/mol. The molecule has 12 heteroatoms. The van der Waals surface area contributed by atoms with E-state index < -0.39 is 6.04 Å². The smallest absolute Gasteiger partial charge is 0.318 e. The lowest BCUT2D eigenvalue weighted by Crippen LogP contribution is -2.59. The van der Waals surface area contributed by atoms with Crippen molar-refractivity contribution in [2.75, 3.05) is 59.4 Å². The maximum atomic E-state index is 14.2. The Morgan fingerprint density at radius 3 is 2.41 bits per heavy atom. The predicted molar refractivity (Wildman–Crippen MR) is 188 cm³/mol. The van der Waals surface area contributed by atoms with Crippen LogP contribution in [0.25, 0.3) is 10.9 Å². The van der Waals surface area contributed by atoms with Crippen LogP contribution in [0, 0.1) is 6.92 Å². The van der Waals surface area contributed by atoms with E-state index in [0.29, 0.717) is 69.2 Å². The molecule has 4 aliphatic rings. The Labute approximate surface area is 287 Å². The zero-order valence-corrected chi connectivity index (χ0v) is 28.9. The maximum Gasteiger partial charge on any atom is 0.318 e. The molecule has 1 atom stereocenters. The molecule has 3 aliphatic heterocycles. The number of likely N-dealkylation sites (tertiary alicyclic amines) is 2. The monoisotopic (exact) mass is 670 g/mol. The van der Waals surface area contributed by atoms with Gasteiger partial charge in [0.2, 0.25) is 5.91 Å². The van der Waals surface area contributed by atoms with Crippen molar-refractivity contribution in [3.05, 3.63) is 62.7 Å². The van der Waals surface area contributed by atoms with Crippen molar-refractivity contribution in [3.8, 4) is 0 Å². The van der Waals surface area contributed by atoms with Crippen LogP contribution >= 0.6 is 0 Å². The number of fused-ring (bicyclic) bond motifs is 2. The number of pyridine rings is 1. The summed E-state index contributed by atoms with van der Waals surface area (Å²) < 4.78 is 0. The zero-order valence-electron chi connectivity index (χ0n) is 28.9. The molecule has 12 nitrogen and oxygen atoms in total. The summed E-state index contributed by atoms with van der Waals surface area (Å²) in [5.74, 6) is -0.00704. The Morgan fingerprint density at radius 2 is 1.65 bits per heavy atom. The number of aryl methyl sites for hydroxylation is 2. The number of urea groups is 1. The summed E-state index contributed by atoms with van der Waals surface area (Å²) in [6.07, 6.45) is 8.86. The van der Waals surface area contributed by atoms with E-state index in [-0.39, 0.29) is 29.2 Å². The van der Waals surface area contributed by atoms with Gasteiger partial charge >= 0.3 is 6.03 Å². The van der Waals surface area contributed by atoms with Crippen molar-refractivity contribution < 1.29 is 14.4 Å². The Bertz CT molecular complexity index is 1740. The summed E-state index contributed by atoms with van der Waals surface area (Å²) in [5.41, 5.74) is 4.94. The summed E-state index contributed by atoms with van der Waals surface area (Å²) in [4.78, 5) is 65.1. The molecule has 2 aromatic heterocycles. The number of amides is 3. The number of nitrogens with one attached hydrogen (secondary N) is 3. The van der Waals surface area contributed by atoms with E-state index in [1.165, 1.54) is 0 Å². The lowest BCUT2D eigenvalue weighted by Gasteiger charge is -2.43. The van der Waals surface area contributed by atoms with Crippen LogP contribution in [0.4, 0.5) is 4.79 Å². The number of nitrogens with zero attached hydrogens (tertiary/aromatic N) is 5. The first-order valence-corrected chi connectivity index (χ1v) is 18.2. The topological polar surface area (TPSA) is 138 Å². The SMILES string of the molecule is Cc1cc(C[C@@H](NC(=O)N2CCC(c3cc4c([nH]c3=O)C(=O)CCCC4)CC2)C(=O)N2CCN(C3CCN(C)CC3)CC2)cc2cn[nH]c12. The Kier molecular flexibility index (Phi) is 9.87. The van der Waals surface area contributed by atoms with Crippen LogP contribution in [-0.2, 0) is 17.6 Å². The molecule has 0 bridgehead atoms. The predicted octanol–water partition coefficient (Wildman–Crippen LogP) is 3.21. The van der Waals surface area contributed by atoms with Crippen LogP contribution in [0.15, 0.2) is 29.2 Å². The summed E-state index contributed by atoms with van der Waals surface area (Å²) in [7, 11) is 2.18. The summed E-state index contributed by atoms with van der Waals surface area (Å²) in [6, 6.07) is 5.69. The normalized spacial score (nSPS) is 21.1. The second-order valence-corrected chi connectivity index (χ2v) is 14.7. The maximum absolute atomic E-state index is 14.2. The van der Waals surface area contributed by atoms with Gasteiger partial charge in [-0.3, -0.25) is 24.4 Å². The number of carbonyl (C=O) groups is 3. The largest absolute Gasteiger partial charge is 0.338 e. The number of Topliss-reactive ketones (excluding diaryl/α,β-unsaturated/α-hetero) is 1. The third-order valence-electron chi connectivity index (χ3n) is 11.4. The Morgan fingerprint density at radius 1 is 0.918 bits per heavy atom. The van der Waals surface area contributed by atoms with E-state index in [1.54, 1.807) is 11.1 Å². The van der Waals surface area contributed by atoms with E-state index in [2.05, 4.69) is 43.4 Å². The molecule has 3 aromatic rings. The van der Waals surface area contributed by atoms with E-state index >= 15 is 0 Å². The van der Waals surface area contributed by atoms with Crippen LogP contribution in [-0.4, -0.2) is 124 Å². The van der Waals surface area contributed by atoms with Gasteiger partial charge in [0.25, 0.3) is 5.56 Å². The number of H-pyrrole nitrogens is 2. The molecule has 3 saturated heterocycles. The van der Waals surface area contributed by atoms with E-state index in [0.717, 1.165) is 85.9 Å². The third kappa shape index (κ3) is 7.30. The molecule has 7 rings (SSSR count). The molecular formula is C37H50N8O4. The van der Waals surface area contributed by atoms with Crippen molar-refractivity contribution in [1.82, 2.24) is 40.1 Å². The first-order chi connectivity index (χ1) is 23.7. The molecule has 0 spiro atoms. The fraction of sp³-hybridized carbons (Fsp3) is 0.595. The van der Waals surface area contributed by atoms with Crippen molar-refractivity contribution in [2.45, 2.75) is 82.7 Å².